The summed E-state index contributed by atoms with van der Waals surface area (Å²) in [5.41, 5.74) is 0. The van der Waals surface area contributed by atoms with Gasteiger partial charge in [-0.05, 0) is 70.6 Å². The van der Waals surface area contributed by atoms with E-state index in [1.807, 2.05) is 0 Å². The van der Waals surface area contributed by atoms with Crippen LogP contribution in [0, 0.1) is 0 Å². The molecule has 0 saturated heterocycles. The Labute approximate surface area is 427 Å². The molecule has 0 aromatic rings. The van der Waals surface area contributed by atoms with Crippen LogP contribution in [-0.2, 0) is 28.6 Å². The average Bonchev–Trinajstić information content (AvgIpc) is 3.35. The minimum Gasteiger partial charge on any atom is -0.462 e. The number of ether oxygens (including phenoxy) is 3. The van der Waals surface area contributed by atoms with Crippen molar-refractivity contribution in [2.45, 2.75) is 297 Å². The number of carbonyl (C=O) groups is 3. The molecule has 0 fully saturated rings. The van der Waals surface area contributed by atoms with Gasteiger partial charge in [0.05, 0.1) is 0 Å². The lowest BCUT2D eigenvalue weighted by molar-refractivity contribution is -0.167. The average molecular weight is 964 g/mol. The standard InChI is InChI=1S/C63H110O6/c1-4-7-10-13-16-19-22-25-28-30-32-34-35-38-41-44-47-50-53-56-62(65)68-59-60(58-67-61(64)55-52-49-46-43-40-37-27-24-21-18-15-12-9-6-3)69-63(66)57-54-51-48-45-42-39-36-33-31-29-26-23-20-17-14-11-8-5-2/h9,12,17-18,20-21,23,26,29,31,33,36,60H,4-8,10-11,13-16,19,22,24-25,27-28,30,32,34-35,37-59H2,1-3H3/b12-9-,20-17-,21-18-,26-23-,31-29-,36-33-. The maximum absolute atomic E-state index is 12.9. The second-order valence-corrected chi connectivity index (χ2v) is 19.6. The zero-order valence-corrected chi connectivity index (χ0v) is 45.6. The predicted molar refractivity (Wildman–Crippen MR) is 298 cm³/mol. The Morgan fingerprint density at radius 1 is 0.319 bits per heavy atom. The maximum Gasteiger partial charge on any atom is 0.306 e. The highest BCUT2D eigenvalue weighted by Gasteiger charge is 2.19. The molecule has 69 heavy (non-hydrogen) atoms. The van der Waals surface area contributed by atoms with E-state index in [0.717, 1.165) is 103 Å². The molecule has 0 saturated carbocycles. The van der Waals surface area contributed by atoms with E-state index >= 15 is 0 Å². The molecule has 6 heteroatoms. The molecule has 0 aromatic heterocycles. The van der Waals surface area contributed by atoms with Gasteiger partial charge in [0.1, 0.15) is 13.2 Å². The topological polar surface area (TPSA) is 78.9 Å². The first-order valence-corrected chi connectivity index (χ1v) is 29.5. The first-order chi connectivity index (χ1) is 34.0. The van der Waals surface area contributed by atoms with Crippen molar-refractivity contribution in [3.63, 3.8) is 0 Å². The normalized spacial score (nSPS) is 12.6. The minimum absolute atomic E-state index is 0.0855. The Bertz CT molecular complexity index is 1290. The molecule has 0 heterocycles. The smallest absolute Gasteiger partial charge is 0.306 e. The summed E-state index contributed by atoms with van der Waals surface area (Å²) in [6.45, 7) is 6.50. The summed E-state index contributed by atoms with van der Waals surface area (Å²) in [6, 6.07) is 0. The van der Waals surface area contributed by atoms with Gasteiger partial charge in [0.15, 0.2) is 6.10 Å². The van der Waals surface area contributed by atoms with E-state index in [1.54, 1.807) is 0 Å². The molecule has 0 aliphatic rings. The summed E-state index contributed by atoms with van der Waals surface area (Å²) in [5, 5.41) is 0. The molecule has 398 valence electrons. The third-order valence-electron chi connectivity index (χ3n) is 12.8. The van der Waals surface area contributed by atoms with E-state index in [1.165, 1.54) is 148 Å². The quantitative estimate of drug-likeness (QED) is 0.0199. The third-order valence-corrected chi connectivity index (χ3v) is 12.8. The van der Waals surface area contributed by atoms with Crippen LogP contribution < -0.4 is 0 Å². The molecule has 1 unspecified atom stereocenters. The Morgan fingerprint density at radius 3 is 1.03 bits per heavy atom. The molecular weight excluding hydrogens is 853 g/mol. The monoisotopic (exact) mass is 963 g/mol. The van der Waals surface area contributed by atoms with Crippen molar-refractivity contribution in [2.75, 3.05) is 13.2 Å². The number of hydrogen-bond acceptors (Lipinski definition) is 6. The Morgan fingerprint density at radius 2 is 0.623 bits per heavy atom. The fraction of sp³-hybridized carbons (Fsp3) is 0.762. The van der Waals surface area contributed by atoms with Crippen LogP contribution in [0.4, 0.5) is 0 Å². The van der Waals surface area contributed by atoms with Gasteiger partial charge in [-0.3, -0.25) is 14.4 Å². The van der Waals surface area contributed by atoms with E-state index in [-0.39, 0.29) is 31.1 Å². The molecule has 0 spiro atoms. The van der Waals surface area contributed by atoms with E-state index in [2.05, 4.69) is 93.7 Å². The lowest BCUT2D eigenvalue weighted by Crippen LogP contribution is -2.30. The van der Waals surface area contributed by atoms with Gasteiger partial charge < -0.3 is 14.2 Å². The van der Waals surface area contributed by atoms with Crippen LogP contribution in [0.3, 0.4) is 0 Å². The minimum atomic E-state index is -0.790. The lowest BCUT2D eigenvalue weighted by Gasteiger charge is -2.18. The second kappa shape index (κ2) is 57.4. The van der Waals surface area contributed by atoms with Gasteiger partial charge in [-0.25, -0.2) is 0 Å². The fourth-order valence-corrected chi connectivity index (χ4v) is 8.38. The number of rotatable bonds is 53. The lowest BCUT2D eigenvalue weighted by atomic mass is 10.0. The number of allylic oxidation sites excluding steroid dienone is 12. The molecule has 1 atom stereocenters. The Balaban J connectivity index is 4.40. The van der Waals surface area contributed by atoms with Crippen molar-refractivity contribution in [1.82, 2.24) is 0 Å². The summed E-state index contributed by atoms with van der Waals surface area (Å²) in [5.74, 6) is -0.906. The van der Waals surface area contributed by atoms with Gasteiger partial charge in [0.25, 0.3) is 0 Å². The Hall–Kier alpha value is -3.15. The van der Waals surface area contributed by atoms with Crippen LogP contribution >= 0.6 is 0 Å². The molecule has 0 rings (SSSR count). The fourth-order valence-electron chi connectivity index (χ4n) is 8.38. The summed E-state index contributed by atoms with van der Waals surface area (Å²) in [6.07, 6.45) is 73.2. The number of esters is 3. The summed E-state index contributed by atoms with van der Waals surface area (Å²) >= 11 is 0. The molecule has 0 amide bonds. The molecule has 6 nitrogen and oxygen atoms in total. The van der Waals surface area contributed by atoms with Crippen molar-refractivity contribution in [2.24, 2.45) is 0 Å². The van der Waals surface area contributed by atoms with Crippen LogP contribution in [0.25, 0.3) is 0 Å². The van der Waals surface area contributed by atoms with Gasteiger partial charge in [-0.2, -0.15) is 0 Å². The van der Waals surface area contributed by atoms with Crippen molar-refractivity contribution < 1.29 is 28.6 Å². The number of hydrogen-bond donors (Lipinski definition) is 0. The van der Waals surface area contributed by atoms with Crippen molar-refractivity contribution in [1.29, 1.82) is 0 Å². The van der Waals surface area contributed by atoms with Gasteiger partial charge in [0.2, 0.25) is 0 Å². The molecule has 0 aromatic carbocycles. The second-order valence-electron chi connectivity index (χ2n) is 19.6. The van der Waals surface area contributed by atoms with Gasteiger partial charge in [0, 0.05) is 19.3 Å². The van der Waals surface area contributed by atoms with Crippen LogP contribution in [0.15, 0.2) is 72.9 Å². The molecule has 0 bridgehead atoms. The van der Waals surface area contributed by atoms with Crippen molar-refractivity contribution in [3.05, 3.63) is 72.9 Å². The Kier molecular flexibility index (Phi) is 54.8. The highest BCUT2D eigenvalue weighted by Crippen LogP contribution is 2.16. The first kappa shape index (κ1) is 65.8. The van der Waals surface area contributed by atoms with Crippen LogP contribution in [0.2, 0.25) is 0 Å². The van der Waals surface area contributed by atoms with Crippen LogP contribution in [0.1, 0.15) is 290 Å². The zero-order valence-electron chi connectivity index (χ0n) is 45.6. The third kappa shape index (κ3) is 55.6. The maximum atomic E-state index is 12.9. The van der Waals surface area contributed by atoms with Gasteiger partial charge in [-0.15, -0.1) is 0 Å². The van der Waals surface area contributed by atoms with E-state index < -0.39 is 6.10 Å². The highest BCUT2D eigenvalue weighted by molar-refractivity contribution is 5.71. The predicted octanol–water partition coefficient (Wildman–Crippen LogP) is 19.8. The van der Waals surface area contributed by atoms with E-state index in [9.17, 15) is 14.4 Å². The highest BCUT2D eigenvalue weighted by atomic mass is 16.6. The van der Waals surface area contributed by atoms with Gasteiger partial charge in [-0.1, -0.05) is 273 Å². The van der Waals surface area contributed by atoms with Crippen molar-refractivity contribution >= 4 is 17.9 Å². The molecule has 0 aliphatic heterocycles. The van der Waals surface area contributed by atoms with E-state index in [0.29, 0.717) is 19.3 Å². The van der Waals surface area contributed by atoms with Crippen molar-refractivity contribution in [3.8, 4) is 0 Å². The number of unbranched alkanes of at least 4 members (excludes halogenated alkanes) is 33. The first-order valence-electron chi connectivity index (χ1n) is 29.5. The number of carbonyl (C=O) groups excluding carboxylic acids is 3. The van der Waals surface area contributed by atoms with Crippen LogP contribution in [-0.4, -0.2) is 37.2 Å². The summed E-state index contributed by atoms with van der Waals surface area (Å²) < 4.78 is 16.9. The molecule has 0 radical (unpaired) electrons. The SMILES string of the molecule is CC/C=C\C/C=C\CCCCCCCCCC(=O)OCC(COC(=O)CCCCCCCCCCCCCCCCCCCCC)OC(=O)CCCCCCC\C=C/C=C\C=C/C=C\CCCCC. The largest absolute Gasteiger partial charge is 0.462 e. The van der Waals surface area contributed by atoms with Gasteiger partial charge >= 0.3 is 17.9 Å². The zero-order chi connectivity index (χ0) is 50.0. The molecule has 0 N–H and O–H groups in total. The van der Waals surface area contributed by atoms with Crippen LogP contribution in [0.5, 0.6) is 0 Å². The summed E-state index contributed by atoms with van der Waals surface area (Å²) in [7, 11) is 0. The summed E-state index contributed by atoms with van der Waals surface area (Å²) in [4.78, 5) is 38.2. The molecule has 0 aliphatic carbocycles. The van der Waals surface area contributed by atoms with E-state index in [4.69, 9.17) is 14.2 Å². The molecular formula is C63H110O6.